The Hall–Kier alpha value is -2.96. The van der Waals surface area contributed by atoms with Crippen molar-refractivity contribution in [1.29, 1.82) is 0 Å². The second-order valence-electron chi connectivity index (χ2n) is 9.80. The van der Waals surface area contributed by atoms with Crippen LogP contribution in [0.1, 0.15) is 70.9 Å². The number of thiophene rings is 1. The highest BCUT2D eigenvalue weighted by atomic mass is 32.2. The highest BCUT2D eigenvalue weighted by molar-refractivity contribution is 8.00. The molecule has 9 nitrogen and oxygen atoms in total. The molecule has 4 rings (SSSR count). The summed E-state index contributed by atoms with van der Waals surface area (Å²) in [6.45, 7) is 6.27. The predicted molar refractivity (Wildman–Crippen MR) is 154 cm³/mol. The summed E-state index contributed by atoms with van der Waals surface area (Å²) in [6, 6.07) is 5.81. The van der Waals surface area contributed by atoms with Crippen molar-refractivity contribution < 1.29 is 14.0 Å². The Kier molecular flexibility index (Phi) is 9.75. The number of nitrogens with one attached hydrogen (secondary N) is 3. The lowest BCUT2D eigenvalue weighted by Gasteiger charge is -2.12. The molecule has 0 aliphatic carbocycles. The number of hydrogen-bond acceptors (Lipinski definition) is 9. The van der Waals surface area contributed by atoms with Crippen LogP contribution in [-0.2, 0) is 20.8 Å². The molecule has 0 spiro atoms. The lowest BCUT2D eigenvalue weighted by atomic mass is 9.94. The zero-order chi connectivity index (χ0) is 27.0. The monoisotopic (exact) mass is 572 g/mol. The van der Waals surface area contributed by atoms with E-state index in [1.54, 1.807) is 35.5 Å². The third kappa shape index (κ3) is 8.53. The Labute approximate surface area is 234 Å². The SMILES string of the molecule is CC(C)(C)c1cnc(CSc2cnc(NC(=O)CCCCCCC(=O)Nc3cc(-c4cccs4)[nH]n3)s2)o1. The molecule has 12 heteroatoms. The van der Waals surface area contributed by atoms with Crippen molar-refractivity contribution in [3.05, 3.63) is 47.6 Å². The Morgan fingerprint density at radius 3 is 2.50 bits per heavy atom. The Morgan fingerprint density at radius 2 is 1.82 bits per heavy atom. The fraction of sp³-hybridized carbons (Fsp3) is 0.423. The minimum absolute atomic E-state index is 0.0451. The number of carbonyl (C=O) groups excluding carboxylic acids is 2. The van der Waals surface area contributed by atoms with E-state index in [1.165, 1.54) is 11.3 Å². The lowest BCUT2D eigenvalue weighted by molar-refractivity contribution is -0.117. The highest BCUT2D eigenvalue weighted by Crippen LogP contribution is 2.32. The number of aromatic amines is 1. The van der Waals surface area contributed by atoms with Gasteiger partial charge in [0.15, 0.2) is 10.9 Å². The van der Waals surface area contributed by atoms with Crippen molar-refractivity contribution in [2.24, 2.45) is 0 Å². The minimum atomic E-state index is -0.0674. The highest BCUT2D eigenvalue weighted by Gasteiger charge is 2.19. The fourth-order valence-electron chi connectivity index (χ4n) is 3.50. The van der Waals surface area contributed by atoms with Gasteiger partial charge in [0.05, 0.1) is 32.9 Å². The van der Waals surface area contributed by atoms with Crippen LogP contribution in [0.5, 0.6) is 0 Å². The summed E-state index contributed by atoms with van der Waals surface area (Å²) in [4.78, 5) is 34.2. The molecule has 0 saturated carbocycles. The van der Waals surface area contributed by atoms with Gasteiger partial charge in [-0.2, -0.15) is 5.10 Å². The van der Waals surface area contributed by atoms with E-state index in [0.717, 1.165) is 46.2 Å². The Balaban J connectivity index is 1.06. The number of amides is 2. The molecule has 4 heterocycles. The van der Waals surface area contributed by atoms with E-state index < -0.39 is 0 Å². The molecule has 0 aliphatic rings. The summed E-state index contributed by atoms with van der Waals surface area (Å²) in [5.41, 5.74) is 0.824. The zero-order valence-electron chi connectivity index (χ0n) is 21.7. The van der Waals surface area contributed by atoms with Crippen LogP contribution < -0.4 is 10.6 Å². The molecule has 0 atom stereocenters. The number of anilines is 2. The third-order valence-electron chi connectivity index (χ3n) is 5.55. The van der Waals surface area contributed by atoms with E-state index in [-0.39, 0.29) is 17.2 Å². The number of nitrogens with zero attached hydrogens (tertiary/aromatic N) is 3. The molecule has 38 heavy (non-hydrogen) atoms. The number of oxazole rings is 1. The molecule has 0 radical (unpaired) electrons. The van der Waals surface area contributed by atoms with Gasteiger partial charge in [0.2, 0.25) is 17.7 Å². The number of hydrogen-bond donors (Lipinski definition) is 3. The molecule has 0 aliphatic heterocycles. The van der Waals surface area contributed by atoms with Gasteiger partial charge in [-0.25, -0.2) is 9.97 Å². The summed E-state index contributed by atoms with van der Waals surface area (Å²) in [6.07, 6.45) is 7.71. The molecular formula is C26H32N6O3S3. The largest absolute Gasteiger partial charge is 0.444 e. The van der Waals surface area contributed by atoms with Crippen LogP contribution in [0.4, 0.5) is 10.9 Å². The standard InChI is InChI=1S/C26H32N6O3S3/c1-26(2,3)19-14-27-23(35-19)16-37-24-15-28-25(38-24)30-22(34)11-7-5-4-6-10-21(33)29-20-13-17(31-32-20)18-9-8-12-36-18/h8-9,12-15H,4-7,10-11,16H2,1-3H3,(H,28,30,34)(H2,29,31,32,33). The van der Waals surface area contributed by atoms with Gasteiger partial charge >= 0.3 is 0 Å². The van der Waals surface area contributed by atoms with Crippen LogP contribution in [0.2, 0.25) is 0 Å². The number of rotatable bonds is 13. The van der Waals surface area contributed by atoms with E-state index >= 15 is 0 Å². The molecule has 4 aromatic rings. The number of thiazole rings is 1. The summed E-state index contributed by atoms with van der Waals surface area (Å²) >= 11 is 4.64. The molecule has 0 saturated heterocycles. The van der Waals surface area contributed by atoms with Crippen molar-refractivity contribution in [3.63, 3.8) is 0 Å². The van der Waals surface area contributed by atoms with Crippen molar-refractivity contribution >= 4 is 57.2 Å². The van der Waals surface area contributed by atoms with Gasteiger partial charge in [-0.3, -0.25) is 14.7 Å². The van der Waals surface area contributed by atoms with Gasteiger partial charge in [0, 0.05) is 24.3 Å². The first-order valence-electron chi connectivity index (χ1n) is 12.5. The van der Waals surface area contributed by atoms with Crippen molar-refractivity contribution in [1.82, 2.24) is 20.2 Å². The van der Waals surface area contributed by atoms with E-state index in [4.69, 9.17) is 4.42 Å². The lowest BCUT2D eigenvalue weighted by Crippen LogP contribution is -2.11. The van der Waals surface area contributed by atoms with Gasteiger partial charge in [0.1, 0.15) is 5.76 Å². The molecule has 0 fully saturated rings. The van der Waals surface area contributed by atoms with Gasteiger partial charge in [-0.1, -0.05) is 51.0 Å². The normalized spacial score (nSPS) is 11.6. The zero-order valence-corrected chi connectivity index (χ0v) is 24.2. The fourth-order valence-corrected chi connectivity index (χ4v) is 5.93. The van der Waals surface area contributed by atoms with Gasteiger partial charge in [-0.05, 0) is 24.3 Å². The van der Waals surface area contributed by atoms with Gasteiger partial charge < -0.3 is 15.1 Å². The molecule has 0 aromatic carbocycles. The Bertz CT molecular complexity index is 1320. The smallest absolute Gasteiger partial charge is 0.226 e. The van der Waals surface area contributed by atoms with Crippen molar-refractivity contribution in [3.8, 4) is 10.6 Å². The maximum absolute atomic E-state index is 12.3. The molecule has 0 bridgehead atoms. The van der Waals surface area contributed by atoms with Crippen LogP contribution in [0.25, 0.3) is 10.6 Å². The minimum Gasteiger partial charge on any atom is -0.444 e. The van der Waals surface area contributed by atoms with Crippen LogP contribution in [0.15, 0.2) is 44.6 Å². The number of thioether (sulfide) groups is 1. The average Bonchev–Trinajstić information content (AvgIpc) is 3.66. The van der Waals surface area contributed by atoms with Gasteiger partial charge in [0.25, 0.3) is 0 Å². The van der Waals surface area contributed by atoms with Crippen LogP contribution in [0.3, 0.4) is 0 Å². The van der Waals surface area contributed by atoms with E-state index in [0.29, 0.717) is 35.4 Å². The molecule has 2 amide bonds. The van der Waals surface area contributed by atoms with E-state index in [2.05, 4.69) is 51.6 Å². The van der Waals surface area contributed by atoms with E-state index in [9.17, 15) is 9.59 Å². The quantitative estimate of drug-likeness (QED) is 0.115. The second kappa shape index (κ2) is 13.2. The van der Waals surface area contributed by atoms with E-state index in [1.807, 2.05) is 23.6 Å². The molecule has 3 N–H and O–H groups in total. The molecule has 4 aromatic heterocycles. The maximum Gasteiger partial charge on any atom is 0.226 e. The second-order valence-corrected chi connectivity index (χ2v) is 13.1. The number of aromatic nitrogens is 4. The molecule has 202 valence electrons. The van der Waals surface area contributed by atoms with Crippen molar-refractivity contribution in [2.75, 3.05) is 10.6 Å². The average molecular weight is 573 g/mol. The first-order valence-corrected chi connectivity index (χ1v) is 15.2. The summed E-state index contributed by atoms with van der Waals surface area (Å²) < 4.78 is 6.82. The summed E-state index contributed by atoms with van der Waals surface area (Å²) in [7, 11) is 0. The number of unbranched alkanes of at least 4 members (excludes halogenated alkanes) is 3. The first kappa shape index (κ1) is 28.1. The van der Waals surface area contributed by atoms with Crippen LogP contribution >= 0.6 is 34.4 Å². The Morgan fingerprint density at radius 1 is 1.05 bits per heavy atom. The maximum atomic E-state index is 12.3. The third-order valence-corrected chi connectivity index (χ3v) is 8.55. The molecule has 0 unspecified atom stereocenters. The topological polar surface area (TPSA) is 126 Å². The van der Waals surface area contributed by atoms with Gasteiger partial charge in [-0.15, -0.1) is 23.1 Å². The van der Waals surface area contributed by atoms with Crippen LogP contribution in [-0.4, -0.2) is 32.0 Å². The van der Waals surface area contributed by atoms with Crippen molar-refractivity contribution in [2.45, 2.75) is 74.7 Å². The summed E-state index contributed by atoms with van der Waals surface area (Å²) in [5.74, 6) is 2.60. The predicted octanol–water partition coefficient (Wildman–Crippen LogP) is 7.09. The number of H-pyrrole nitrogens is 1. The molecular weight excluding hydrogens is 541 g/mol. The number of carbonyl (C=O) groups is 2. The van der Waals surface area contributed by atoms with Crippen LogP contribution in [0, 0.1) is 0 Å². The first-order chi connectivity index (χ1) is 18.3. The summed E-state index contributed by atoms with van der Waals surface area (Å²) in [5, 5.41) is 15.4.